The summed E-state index contributed by atoms with van der Waals surface area (Å²) in [7, 11) is 0. The third-order valence-electron chi connectivity index (χ3n) is 2.38. The van der Waals surface area contributed by atoms with E-state index < -0.39 is 17.1 Å². The maximum atomic E-state index is 11.8. The summed E-state index contributed by atoms with van der Waals surface area (Å²) in [6.07, 6.45) is 2.08. The maximum absolute atomic E-state index is 11.8. The van der Waals surface area contributed by atoms with Crippen LogP contribution in [0.2, 0.25) is 0 Å². The third-order valence-corrected chi connectivity index (χ3v) is 2.38. The van der Waals surface area contributed by atoms with Gasteiger partial charge < -0.3 is 4.74 Å². The number of rotatable bonds is 4. The first-order chi connectivity index (χ1) is 9.08. The second-order valence-corrected chi connectivity index (χ2v) is 3.69. The Morgan fingerprint density at radius 3 is 2.95 bits per heavy atom. The molecule has 0 saturated carbocycles. The van der Waals surface area contributed by atoms with Gasteiger partial charge in [-0.2, -0.15) is 5.10 Å². The average molecular weight is 262 g/mol. The van der Waals surface area contributed by atoms with E-state index in [1.165, 1.54) is 35.5 Å². The molecule has 0 amide bonds. The van der Waals surface area contributed by atoms with Crippen molar-refractivity contribution in [2.24, 2.45) is 0 Å². The van der Waals surface area contributed by atoms with Crippen molar-refractivity contribution in [1.82, 2.24) is 14.8 Å². The number of non-ortho nitro benzene ring substituents is 1. The van der Waals surface area contributed by atoms with Crippen LogP contribution in [0.15, 0.2) is 36.9 Å². The molecule has 0 aliphatic rings. The molecule has 0 spiro atoms. The van der Waals surface area contributed by atoms with Gasteiger partial charge in [0, 0.05) is 12.1 Å². The molecule has 0 saturated heterocycles. The largest absolute Gasteiger partial charge is 0.436 e. The Morgan fingerprint density at radius 1 is 1.53 bits per heavy atom. The highest BCUT2D eigenvalue weighted by Crippen LogP contribution is 2.16. The van der Waals surface area contributed by atoms with Crippen LogP contribution in [-0.2, 0) is 4.74 Å². The van der Waals surface area contributed by atoms with Crippen molar-refractivity contribution in [2.45, 2.75) is 13.2 Å². The van der Waals surface area contributed by atoms with Gasteiger partial charge in [-0.3, -0.25) is 10.1 Å². The average Bonchev–Trinajstić information content (AvgIpc) is 2.92. The van der Waals surface area contributed by atoms with Crippen LogP contribution in [-0.4, -0.2) is 25.7 Å². The minimum atomic E-state index is -0.660. The predicted molar refractivity (Wildman–Crippen MR) is 63.2 cm³/mol. The molecule has 1 heterocycles. The first kappa shape index (κ1) is 12.7. The van der Waals surface area contributed by atoms with Gasteiger partial charge >= 0.3 is 5.97 Å². The van der Waals surface area contributed by atoms with E-state index in [4.69, 9.17) is 4.74 Å². The third kappa shape index (κ3) is 2.92. The summed E-state index contributed by atoms with van der Waals surface area (Å²) < 4.78 is 6.47. The lowest BCUT2D eigenvalue weighted by Gasteiger charge is -2.12. The summed E-state index contributed by atoms with van der Waals surface area (Å²) >= 11 is 0. The lowest BCUT2D eigenvalue weighted by atomic mass is 10.2. The van der Waals surface area contributed by atoms with Gasteiger partial charge in [-0.25, -0.2) is 14.5 Å². The van der Waals surface area contributed by atoms with Crippen LogP contribution in [0.3, 0.4) is 0 Å². The molecule has 19 heavy (non-hydrogen) atoms. The lowest BCUT2D eigenvalue weighted by Crippen LogP contribution is -2.15. The molecule has 0 bridgehead atoms. The molecule has 2 aromatic rings. The molecule has 8 heteroatoms. The number of carbonyl (C=O) groups excluding carboxylic acids is 1. The number of nitro groups is 1. The summed E-state index contributed by atoms with van der Waals surface area (Å²) in [5, 5.41) is 14.4. The minimum absolute atomic E-state index is 0.112. The number of benzene rings is 1. The van der Waals surface area contributed by atoms with E-state index in [9.17, 15) is 14.9 Å². The second-order valence-electron chi connectivity index (χ2n) is 3.69. The standard InChI is InChI=1S/C11H10N4O4/c1-8(14-7-12-6-13-14)19-11(16)9-3-2-4-10(5-9)15(17)18/h2-8H,1H3. The van der Waals surface area contributed by atoms with Crippen molar-refractivity contribution < 1.29 is 14.5 Å². The van der Waals surface area contributed by atoms with Gasteiger partial charge in [0.15, 0.2) is 6.23 Å². The van der Waals surface area contributed by atoms with Crippen LogP contribution in [0.1, 0.15) is 23.5 Å². The zero-order chi connectivity index (χ0) is 13.8. The number of carbonyl (C=O) groups is 1. The van der Waals surface area contributed by atoms with Crippen molar-refractivity contribution in [3.8, 4) is 0 Å². The SMILES string of the molecule is CC(OC(=O)c1cccc([N+](=O)[O-])c1)n1cncn1. The number of ether oxygens (including phenoxy) is 1. The summed E-state index contributed by atoms with van der Waals surface area (Å²) in [5.74, 6) is -0.660. The van der Waals surface area contributed by atoms with Gasteiger partial charge in [0.25, 0.3) is 5.69 Å². The van der Waals surface area contributed by atoms with Crippen molar-refractivity contribution >= 4 is 11.7 Å². The molecule has 1 aromatic heterocycles. The van der Waals surface area contributed by atoms with E-state index >= 15 is 0 Å². The molecular formula is C11H10N4O4. The van der Waals surface area contributed by atoms with Crippen LogP contribution in [0.5, 0.6) is 0 Å². The Balaban J connectivity index is 2.12. The van der Waals surface area contributed by atoms with Crippen molar-refractivity contribution in [1.29, 1.82) is 0 Å². The summed E-state index contributed by atoms with van der Waals surface area (Å²) in [4.78, 5) is 25.6. The second kappa shape index (κ2) is 5.25. The molecule has 98 valence electrons. The molecular weight excluding hydrogens is 252 g/mol. The molecule has 1 aromatic carbocycles. The summed E-state index contributed by atoms with van der Waals surface area (Å²) in [6, 6.07) is 5.34. The summed E-state index contributed by atoms with van der Waals surface area (Å²) in [5.41, 5.74) is -0.0518. The summed E-state index contributed by atoms with van der Waals surface area (Å²) in [6.45, 7) is 1.62. The van der Waals surface area contributed by atoms with Gasteiger partial charge in [0.2, 0.25) is 0 Å². The predicted octanol–water partition coefficient (Wildman–Crippen LogP) is 1.56. The smallest absolute Gasteiger partial charge is 0.340 e. The van der Waals surface area contributed by atoms with Crippen molar-refractivity contribution in [3.63, 3.8) is 0 Å². The van der Waals surface area contributed by atoms with Crippen LogP contribution < -0.4 is 0 Å². The Kier molecular flexibility index (Phi) is 3.51. The highest BCUT2D eigenvalue weighted by molar-refractivity contribution is 5.90. The number of aromatic nitrogens is 3. The fourth-order valence-corrected chi connectivity index (χ4v) is 1.43. The van der Waals surface area contributed by atoms with E-state index in [0.717, 1.165) is 6.07 Å². The van der Waals surface area contributed by atoms with Gasteiger partial charge in [-0.15, -0.1) is 0 Å². The molecule has 2 rings (SSSR count). The van der Waals surface area contributed by atoms with Crippen molar-refractivity contribution in [3.05, 3.63) is 52.6 Å². The van der Waals surface area contributed by atoms with Crippen LogP contribution >= 0.6 is 0 Å². The van der Waals surface area contributed by atoms with Gasteiger partial charge in [0.05, 0.1) is 10.5 Å². The Hall–Kier alpha value is -2.77. The molecule has 0 aliphatic carbocycles. The number of nitrogens with zero attached hydrogens (tertiary/aromatic N) is 4. The molecule has 1 unspecified atom stereocenters. The fraction of sp³-hybridized carbons (Fsp3) is 0.182. The quantitative estimate of drug-likeness (QED) is 0.471. The van der Waals surface area contributed by atoms with Gasteiger partial charge in [-0.1, -0.05) is 6.07 Å². The van der Waals surface area contributed by atoms with Gasteiger partial charge in [-0.05, 0) is 13.0 Å². The monoisotopic (exact) mass is 262 g/mol. The van der Waals surface area contributed by atoms with Gasteiger partial charge in [0.1, 0.15) is 12.7 Å². The molecule has 0 N–H and O–H groups in total. The van der Waals surface area contributed by atoms with E-state index in [-0.39, 0.29) is 11.3 Å². The first-order valence-corrected chi connectivity index (χ1v) is 5.37. The lowest BCUT2D eigenvalue weighted by molar-refractivity contribution is -0.384. The number of hydrogen-bond acceptors (Lipinski definition) is 6. The first-order valence-electron chi connectivity index (χ1n) is 5.37. The van der Waals surface area contributed by atoms with Crippen LogP contribution in [0, 0.1) is 10.1 Å². The van der Waals surface area contributed by atoms with E-state index in [1.807, 2.05) is 0 Å². The van der Waals surface area contributed by atoms with E-state index in [2.05, 4.69) is 10.1 Å². The molecule has 1 atom stereocenters. The van der Waals surface area contributed by atoms with Crippen LogP contribution in [0.4, 0.5) is 5.69 Å². The van der Waals surface area contributed by atoms with Crippen LogP contribution in [0.25, 0.3) is 0 Å². The van der Waals surface area contributed by atoms with E-state index in [0.29, 0.717) is 0 Å². The molecule has 8 nitrogen and oxygen atoms in total. The zero-order valence-electron chi connectivity index (χ0n) is 9.96. The highest BCUT2D eigenvalue weighted by atomic mass is 16.6. The fourth-order valence-electron chi connectivity index (χ4n) is 1.43. The molecule has 0 fully saturated rings. The number of esters is 1. The Labute approximate surface area is 107 Å². The zero-order valence-corrected chi connectivity index (χ0v) is 9.96. The topological polar surface area (TPSA) is 100 Å². The van der Waals surface area contributed by atoms with Crippen molar-refractivity contribution in [2.75, 3.05) is 0 Å². The number of hydrogen-bond donors (Lipinski definition) is 0. The maximum Gasteiger partial charge on any atom is 0.340 e. The molecule has 0 aliphatic heterocycles. The Morgan fingerprint density at radius 2 is 2.32 bits per heavy atom. The number of nitro benzene ring substituents is 1. The normalized spacial score (nSPS) is 11.8. The van der Waals surface area contributed by atoms with E-state index in [1.54, 1.807) is 6.92 Å². The Bertz CT molecular complexity index is 597. The highest BCUT2D eigenvalue weighted by Gasteiger charge is 2.16. The minimum Gasteiger partial charge on any atom is -0.436 e. The molecule has 0 radical (unpaired) electrons.